The summed E-state index contributed by atoms with van der Waals surface area (Å²) in [7, 11) is 2.11. The maximum absolute atomic E-state index is 11.4. The Morgan fingerprint density at radius 3 is 2.26 bits per heavy atom. The fourth-order valence-electron chi connectivity index (χ4n) is 2.17. The molecule has 1 unspecified atom stereocenters. The molecule has 0 heterocycles. The van der Waals surface area contributed by atoms with Crippen LogP contribution in [0, 0.1) is 5.92 Å². The van der Waals surface area contributed by atoms with Crippen LogP contribution in [-0.2, 0) is 4.79 Å². The number of nitrogens with one attached hydrogen (secondary N) is 1. The average Bonchev–Trinajstić information content (AvgIpc) is 2.25. The van der Waals surface area contributed by atoms with Gasteiger partial charge in [0, 0.05) is 6.04 Å². The standard InChI is InChI=1S/C15H32N2O2/c1-12(2)8-11-17(6)10-7-9-15(5,14(18)19)16-13(3)4/h12-13,16H,7-11H2,1-6H3,(H,18,19). The van der Waals surface area contributed by atoms with Crippen molar-refractivity contribution in [1.82, 2.24) is 10.2 Å². The second-order valence-corrected chi connectivity index (χ2v) is 6.53. The predicted octanol–water partition coefficient (Wildman–Crippen LogP) is 2.59. The molecule has 4 heteroatoms. The second kappa shape index (κ2) is 8.54. The predicted molar refractivity (Wildman–Crippen MR) is 80.5 cm³/mol. The highest BCUT2D eigenvalue weighted by atomic mass is 16.4. The minimum atomic E-state index is -0.812. The van der Waals surface area contributed by atoms with Crippen LogP contribution in [-0.4, -0.2) is 47.7 Å². The van der Waals surface area contributed by atoms with E-state index in [0.717, 1.165) is 19.5 Å². The molecule has 0 radical (unpaired) electrons. The lowest BCUT2D eigenvalue weighted by molar-refractivity contribution is -0.144. The first-order valence-electron chi connectivity index (χ1n) is 7.37. The Labute approximate surface area is 118 Å². The van der Waals surface area contributed by atoms with Gasteiger partial charge >= 0.3 is 5.97 Å². The van der Waals surface area contributed by atoms with Crippen molar-refractivity contribution in [3.8, 4) is 0 Å². The summed E-state index contributed by atoms with van der Waals surface area (Å²) in [5.41, 5.74) is -0.812. The lowest BCUT2D eigenvalue weighted by atomic mass is 9.94. The van der Waals surface area contributed by atoms with E-state index < -0.39 is 11.5 Å². The third kappa shape index (κ3) is 8.22. The molecule has 0 aromatic carbocycles. The second-order valence-electron chi connectivity index (χ2n) is 6.53. The van der Waals surface area contributed by atoms with E-state index in [1.807, 2.05) is 13.8 Å². The number of hydrogen-bond acceptors (Lipinski definition) is 3. The van der Waals surface area contributed by atoms with Gasteiger partial charge in [0.2, 0.25) is 0 Å². The number of carboxylic acid groups (broad SMARTS) is 1. The van der Waals surface area contributed by atoms with E-state index in [-0.39, 0.29) is 6.04 Å². The molecule has 114 valence electrons. The summed E-state index contributed by atoms with van der Waals surface area (Å²) in [6.07, 6.45) is 2.75. The maximum Gasteiger partial charge on any atom is 0.323 e. The van der Waals surface area contributed by atoms with Crippen molar-refractivity contribution in [2.75, 3.05) is 20.1 Å². The molecule has 0 saturated heterocycles. The zero-order valence-corrected chi connectivity index (χ0v) is 13.5. The molecule has 0 amide bonds. The van der Waals surface area contributed by atoms with Gasteiger partial charge in [0.05, 0.1) is 0 Å². The summed E-state index contributed by atoms with van der Waals surface area (Å²) in [5, 5.41) is 12.5. The Hall–Kier alpha value is -0.610. The molecule has 0 aromatic rings. The van der Waals surface area contributed by atoms with Crippen molar-refractivity contribution in [2.24, 2.45) is 5.92 Å². The fraction of sp³-hybridized carbons (Fsp3) is 0.933. The average molecular weight is 272 g/mol. The van der Waals surface area contributed by atoms with Gasteiger partial charge in [-0.2, -0.15) is 0 Å². The number of carbonyl (C=O) groups is 1. The van der Waals surface area contributed by atoms with Gasteiger partial charge in [0.25, 0.3) is 0 Å². The highest BCUT2D eigenvalue weighted by Crippen LogP contribution is 2.14. The maximum atomic E-state index is 11.4. The summed E-state index contributed by atoms with van der Waals surface area (Å²) >= 11 is 0. The van der Waals surface area contributed by atoms with E-state index in [1.54, 1.807) is 6.92 Å². The van der Waals surface area contributed by atoms with E-state index in [9.17, 15) is 9.90 Å². The van der Waals surface area contributed by atoms with Gasteiger partial charge in [0.1, 0.15) is 5.54 Å². The summed E-state index contributed by atoms with van der Waals surface area (Å²) < 4.78 is 0. The summed E-state index contributed by atoms with van der Waals surface area (Å²) in [5.74, 6) is -0.0413. The zero-order chi connectivity index (χ0) is 15.1. The van der Waals surface area contributed by atoms with Crippen molar-refractivity contribution in [1.29, 1.82) is 0 Å². The van der Waals surface area contributed by atoms with E-state index in [0.29, 0.717) is 12.3 Å². The number of hydrogen-bond donors (Lipinski definition) is 2. The van der Waals surface area contributed by atoms with Crippen molar-refractivity contribution < 1.29 is 9.90 Å². The van der Waals surface area contributed by atoms with Crippen LogP contribution in [0.3, 0.4) is 0 Å². The zero-order valence-electron chi connectivity index (χ0n) is 13.5. The lowest BCUT2D eigenvalue weighted by Crippen LogP contribution is -2.52. The van der Waals surface area contributed by atoms with Gasteiger partial charge < -0.3 is 10.0 Å². The molecule has 0 rings (SSSR count). The van der Waals surface area contributed by atoms with Gasteiger partial charge in [-0.3, -0.25) is 10.1 Å². The molecule has 0 aromatic heterocycles. The number of carboxylic acids is 1. The summed E-state index contributed by atoms with van der Waals surface area (Å²) in [4.78, 5) is 13.7. The Bertz CT molecular complexity index is 267. The first-order chi connectivity index (χ1) is 8.67. The van der Waals surface area contributed by atoms with Crippen LogP contribution in [0.4, 0.5) is 0 Å². The van der Waals surface area contributed by atoms with E-state index in [4.69, 9.17) is 0 Å². The molecule has 0 fully saturated rings. The van der Waals surface area contributed by atoms with E-state index in [1.165, 1.54) is 6.42 Å². The van der Waals surface area contributed by atoms with Crippen molar-refractivity contribution in [3.63, 3.8) is 0 Å². The van der Waals surface area contributed by atoms with Crippen LogP contribution in [0.1, 0.15) is 53.9 Å². The number of nitrogens with zero attached hydrogens (tertiary/aromatic N) is 1. The SMILES string of the molecule is CC(C)CCN(C)CCCC(C)(NC(C)C)C(=O)O. The fourth-order valence-corrected chi connectivity index (χ4v) is 2.17. The molecule has 19 heavy (non-hydrogen) atoms. The third-order valence-corrected chi connectivity index (χ3v) is 3.38. The van der Waals surface area contributed by atoms with Crippen LogP contribution in [0.2, 0.25) is 0 Å². The lowest BCUT2D eigenvalue weighted by Gasteiger charge is -2.29. The first kappa shape index (κ1) is 18.4. The Kier molecular flexibility index (Phi) is 8.26. The minimum Gasteiger partial charge on any atom is -0.480 e. The first-order valence-corrected chi connectivity index (χ1v) is 7.37. The van der Waals surface area contributed by atoms with Gasteiger partial charge in [-0.05, 0) is 66.1 Å². The summed E-state index contributed by atoms with van der Waals surface area (Å²) in [6, 6.07) is 0.180. The van der Waals surface area contributed by atoms with E-state index in [2.05, 4.69) is 31.1 Å². The van der Waals surface area contributed by atoms with Crippen LogP contribution in [0.15, 0.2) is 0 Å². The van der Waals surface area contributed by atoms with Gasteiger partial charge in [-0.1, -0.05) is 13.8 Å². The largest absolute Gasteiger partial charge is 0.480 e. The molecule has 0 saturated carbocycles. The van der Waals surface area contributed by atoms with Crippen molar-refractivity contribution in [2.45, 2.75) is 65.5 Å². The van der Waals surface area contributed by atoms with Crippen LogP contribution >= 0.6 is 0 Å². The topological polar surface area (TPSA) is 52.6 Å². The van der Waals surface area contributed by atoms with Crippen molar-refractivity contribution in [3.05, 3.63) is 0 Å². The smallest absolute Gasteiger partial charge is 0.323 e. The monoisotopic (exact) mass is 272 g/mol. The molecule has 0 aliphatic rings. The molecule has 4 nitrogen and oxygen atoms in total. The molecule has 0 spiro atoms. The Balaban J connectivity index is 4.09. The quantitative estimate of drug-likeness (QED) is 0.642. The van der Waals surface area contributed by atoms with Gasteiger partial charge in [0.15, 0.2) is 0 Å². The van der Waals surface area contributed by atoms with Crippen LogP contribution in [0.5, 0.6) is 0 Å². The Morgan fingerprint density at radius 1 is 1.26 bits per heavy atom. The number of rotatable bonds is 10. The van der Waals surface area contributed by atoms with Crippen LogP contribution < -0.4 is 5.32 Å². The molecule has 0 aliphatic carbocycles. The van der Waals surface area contributed by atoms with Gasteiger partial charge in [-0.15, -0.1) is 0 Å². The van der Waals surface area contributed by atoms with Crippen LogP contribution in [0.25, 0.3) is 0 Å². The Morgan fingerprint density at radius 2 is 1.84 bits per heavy atom. The normalized spacial score (nSPS) is 15.2. The molecular weight excluding hydrogens is 240 g/mol. The van der Waals surface area contributed by atoms with E-state index >= 15 is 0 Å². The molecule has 0 bridgehead atoms. The van der Waals surface area contributed by atoms with Gasteiger partial charge in [-0.25, -0.2) is 0 Å². The third-order valence-electron chi connectivity index (χ3n) is 3.38. The van der Waals surface area contributed by atoms with Crippen molar-refractivity contribution >= 4 is 5.97 Å². The minimum absolute atomic E-state index is 0.180. The highest BCUT2D eigenvalue weighted by Gasteiger charge is 2.32. The molecule has 0 aliphatic heterocycles. The number of aliphatic carboxylic acids is 1. The summed E-state index contributed by atoms with van der Waals surface area (Å²) in [6.45, 7) is 12.2. The highest BCUT2D eigenvalue weighted by molar-refractivity contribution is 5.78. The molecular formula is C15H32N2O2. The molecule has 1 atom stereocenters. The molecule has 2 N–H and O–H groups in total.